The molecule has 11 aromatic rings. The molecule has 0 fully saturated rings. The minimum Gasteiger partial charge on any atom is -0.452 e. The van der Waals surface area contributed by atoms with Gasteiger partial charge in [-0.2, -0.15) is 0 Å². The van der Waals surface area contributed by atoms with Gasteiger partial charge in [-0.05, 0) is 46.5 Å². The summed E-state index contributed by atoms with van der Waals surface area (Å²) in [6.45, 7) is 0. The van der Waals surface area contributed by atoms with Crippen molar-refractivity contribution >= 4 is 44.1 Å². The molecule has 0 aliphatic rings. The van der Waals surface area contributed by atoms with E-state index in [9.17, 15) is 0 Å². The number of benzene rings is 7. The first kappa shape index (κ1) is 31.8. The fraction of sp³-hybridized carbons (Fsp3) is 0. The zero-order valence-corrected chi connectivity index (χ0v) is 29.9. The van der Waals surface area contributed by atoms with Gasteiger partial charge < -0.3 is 8.83 Å². The third kappa shape index (κ3) is 5.19. The molecule has 6 heteroatoms. The first-order valence-corrected chi connectivity index (χ1v) is 18.6. The van der Waals surface area contributed by atoms with Crippen molar-refractivity contribution in [3.8, 4) is 67.5 Å². The van der Waals surface area contributed by atoms with E-state index in [2.05, 4.69) is 97.1 Å². The molecule has 0 saturated heterocycles. The molecule has 0 aliphatic heterocycles. The molecular formula is C50H30N4O2. The summed E-state index contributed by atoms with van der Waals surface area (Å²) in [5.74, 6) is 1.24. The summed E-state index contributed by atoms with van der Waals surface area (Å²) in [5.41, 5.74) is 13.8. The summed E-state index contributed by atoms with van der Waals surface area (Å²) >= 11 is 0. The van der Waals surface area contributed by atoms with Gasteiger partial charge in [-0.25, -0.2) is 19.9 Å². The first-order chi connectivity index (χ1) is 27.8. The van der Waals surface area contributed by atoms with Gasteiger partial charge in [0.05, 0.1) is 0 Å². The molecule has 0 saturated carbocycles. The van der Waals surface area contributed by atoms with Gasteiger partial charge >= 0.3 is 0 Å². The normalized spacial score (nSPS) is 11.6. The number of para-hydroxylation sites is 2. The van der Waals surface area contributed by atoms with Crippen molar-refractivity contribution in [1.82, 2.24) is 19.9 Å². The van der Waals surface area contributed by atoms with Crippen molar-refractivity contribution < 1.29 is 8.83 Å². The third-order valence-electron chi connectivity index (χ3n) is 10.4. The molecule has 0 bridgehead atoms. The highest BCUT2D eigenvalue weighted by molar-refractivity contribution is 6.09. The van der Waals surface area contributed by atoms with E-state index in [1.807, 2.05) is 84.9 Å². The SMILES string of the molecule is c1ccc(-c2nc(-c3ccccc3-c3ccccc3-c3ccccc3-c3nc(-c4ccccc4)c4oc5ccccc5c4n3)nc3c2oc2ccccc23)cc1. The van der Waals surface area contributed by atoms with Gasteiger partial charge in [-0.1, -0.05) is 158 Å². The van der Waals surface area contributed by atoms with Crippen LogP contribution < -0.4 is 0 Å². The van der Waals surface area contributed by atoms with Crippen LogP contribution in [0.1, 0.15) is 0 Å². The van der Waals surface area contributed by atoms with Crippen LogP contribution in [0, 0.1) is 0 Å². The van der Waals surface area contributed by atoms with Crippen molar-refractivity contribution in [3.05, 3.63) is 182 Å². The Morgan fingerprint density at radius 1 is 0.286 bits per heavy atom. The summed E-state index contributed by atoms with van der Waals surface area (Å²) in [4.78, 5) is 20.9. The average Bonchev–Trinajstić information content (AvgIpc) is 3.85. The van der Waals surface area contributed by atoms with Gasteiger partial charge in [-0.15, -0.1) is 0 Å². The quantitative estimate of drug-likeness (QED) is 0.170. The van der Waals surface area contributed by atoms with E-state index in [-0.39, 0.29) is 0 Å². The molecule has 0 atom stereocenters. The van der Waals surface area contributed by atoms with Gasteiger partial charge in [0.15, 0.2) is 22.8 Å². The van der Waals surface area contributed by atoms with E-state index in [1.54, 1.807) is 0 Å². The maximum atomic E-state index is 6.41. The van der Waals surface area contributed by atoms with E-state index in [4.69, 9.17) is 28.8 Å². The van der Waals surface area contributed by atoms with E-state index in [1.165, 1.54) is 0 Å². The molecule has 11 rings (SSSR count). The Balaban J connectivity index is 1.12. The Bertz CT molecular complexity index is 3040. The zero-order valence-electron chi connectivity index (χ0n) is 29.9. The van der Waals surface area contributed by atoms with E-state index in [0.717, 1.165) is 88.9 Å². The van der Waals surface area contributed by atoms with Crippen molar-refractivity contribution in [2.75, 3.05) is 0 Å². The molecule has 4 heterocycles. The van der Waals surface area contributed by atoms with Crippen LogP contribution in [0.5, 0.6) is 0 Å². The van der Waals surface area contributed by atoms with E-state index < -0.39 is 0 Å². The van der Waals surface area contributed by atoms with Crippen LogP contribution in [-0.4, -0.2) is 19.9 Å². The van der Waals surface area contributed by atoms with Crippen LogP contribution in [0.25, 0.3) is 112 Å². The molecule has 4 aromatic heterocycles. The molecule has 6 nitrogen and oxygen atoms in total. The number of furan rings is 2. The lowest BCUT2D eigenvalue weighted by atomic mass is 9.89. The Morgan fingerprint density at radius 2 is 0.607 bits per heavy atom. The summed E-state index contributed by atoms with van der Waals surface area (Å²) in [6, 6.07) is 61.6. The van der Waals surface area contributed by atoms with Crippen molar-refractivity contribution in [2.45, 2.75) is 0 Å². The largest absolute Gasteiger partial charge is 0.452 e. The highest BCUT2D eigenvalue weighted by atomic mass is 16.3. The lowest BCUT2D eigenvalue weighted by Crippen LogP contribution is -1.98. The second-order valence-corrected chi connectivity index (χ2v) is 13.7. The van der Waals surface area contributed by atoms with Gasteiger partial charge in [0, 0.05) is 33.0 Å². The second-order valence-electron chi connectivity index (χ2n) is 13.7. The van der Waals surface area contributed by atoms with Gasteiger partial charge in [0.1, 0.15) is 33.6 Å². The fourth-order valence-electron chi connectivity index (χ4n) is 7.78. The molecule has 7 aromatic carbocycles. The van der Waals surface area contributed by atoms with E-state index >= 15 is 0 Å². The maximum absolute atomic E-state index is 6.41. The molecule has 0 aliphatic carbocycles. The van der Waals surface area contributed by atoms with Crippen LogP contribution in [0.3, 0.4) is 0 Å². The summed E-state index contributed by atoms with van der Waals surface area (Å²) < 4.78 is 12.8. The summed E-state index contributed by atoms with van der Waals surface area (Å²) in [6.07, 6.45) is 0. The van der Waals surface area contributed by atoms with Crippen molar-refractivity contribution in [2.24, 2.45) is 0 Å². The molecule has 0 spiro atoms. The molecule has 56 heavy (non-hydrogen) atoms. The van der Waals surface area contributed by atoms with Gasteiger partial charge in [0.25, 0.3) is 0 Å². The first-order valence-electron chi connectivity index (χ1n) is 18.6. The molecule has 0 unspecified atom stereocenters. The molecule has 0 radical (unpaired) electrons. The smallest absolute Gasteiger partial charge is 0.180 e. The predicted molar refractivity (Wildman–Crippen MR) is 225 cm³/mol. The number of fused-ring (bicyclic) bond motifs is 6. The van der Waals surface area contributed by atoms with Crippen LogP contribution in [-0.2, 0) is 0 Å². The molecule has 0 amide bonds. The lowest BCUT2D eigenvalue weighted by molar-refractivity contribution is 0.667. The van der Waals surface area contributed by atoms with Crippen LogP contribution >= 0.6 is 0 Å². The minimum absolute atomic E-state index is 0.620. The van der Waals surface area contributed by atoms with Crippen molar-refractivity contribution in [3.63, 3.8) is 0 Å². The zero-order chi connectivity index (χ0) is 37.0. The van der Waals surface area contributed by atoms with E-state index in [0.29, 0.717) is 22.8 Å². The number of rotatable bonds is 6. The maximum Gasteiger partial charge on any atom is 0.180 e. The predicted octanol–water partition coefficient (Wildman–Crippen LogP) is 13.1. The average molecular weight is 719 g/mol. The third-order valence-corrected chi connectivity index (χ3v) is 10.4. The number of aromatic nitrogens is 4. The Labute approximate surface area is 321 Å². The topological polar surface area (TPSA) is 77.8 Å². The minimum atomic E-state index is 0.620. The fourth-order valence-corrected chi connectivity index (χ4v) is 7.78. The Hall–Kier alpha value is -7.70. The number of hydrogen-bond donors (Lipinski definition) is 0. The van der Waals surface area contributed by atoms with Crippen LogP contribution in [0.4, 0.5) is 0 Å². The number of nitrogens with zero attached hydrogens (tertiary/aromatic N) is 4. The number of hydrogen-bond acceptors (Lipinski definition) is 6. The standard InChI is InChI=1S/C50H30N4O2/c1-3-17-31(18-4-1)43-47-45(39-27-13-15-29-41(39)55-47)53-49(51-43)37-25-11-9-23-35(37)33-21-7-8-22-34(33)36-24-10-12-26-38(36)50-52-44(32-19-5-2-6-20-32)48-46(54-50)40-28-14-16-30-42(40)56-48/h1-30H. The summed E-state index contributed by atoms with van der Waals surface area (Å²) in [7, 11) is 0. The molecular weight excluding hydrogens is 689 g/mol. The highest BCUT2D eigenvalue weighted by Gasteiger charge is 2.23. The highest BCUT2D eigenvalue weighted by Crippen LogP contribution is 2.43. The molecule has 262 valence electrons. The van der Waals surface area contributed by atoms with Gasteiger partial charge in [0.2, 0.25) is 0 Å². The van der Waals surface area contributed by atoms with Crippen LogP contribution in [0.15, 0.2) is 191 Å². The van der Waals surface area contributed by atoms with Crippen molar-refractivity contribution in [1.29, 1.82) is 0 Å². The second kappa shape index (κ2) is 13.0. The van der Waals surface area contributed by atoms with Gasteiger partial charge in [-0.3, -0.25) is 0 Å². The monoisotopic (exact) mass is 718 g/mol. The lowest BCUT2D eigenvalue weighted by Gasteiger charge is -2.17. The Morgan fingerprint density at radius 3 is 1.02 bits per heavy atom. The molecule has 0 N–H and O–H groups in total. The Kier molecular flexibility index (Phi) is 7.38. The summed E-state index contributed by atoms with van der Waals surface area (Å²) in [5, 5.41) is 1.90. The van der Waals surface area contributed by atoms with Crippen LogP contribution in [0.2, 0.25) is 0 Å².